The summed E-state index contributed by atoms with van der Waals surface area (Å²) in [6.45, 7) is 0.680. The van der Waals surface area contributed by atoms with Crippen LogP contribution < -0.4 is 4.90 Å². The molecule has 5 rings (SSSR count). The summed E-state index contributed by atoms with van der Waals surface area (Å²) in [5.74, 6) is 0.587. The quantitative estimate of drug-likeness (QED) is 0.369. The van der Waals surface area contributed by atoms with E-state index in [9.17, 15) is 10.1 Å². The fourth-order valence-electron chi connectivity index (χ4n) is 3.49. The molecule has 0 N–H and O–H groups in total. The van der Waals surface area contributed by atoms with Gasteiger partial charge in [-0.1, -0.05) is 33.9 Å². The third-order valence-corrected chi connectivity index (χ3v) is 5.07. The van der Waals surface area contributed by atoms with E-state index in [1.807, 2.05) is 30.5 Å². The molecule has 1 saturated carbocycles. The average Bonchev–Trinajstić information content (AvgIpc) is 3.50. The second kappa shape index (κ2) is 6.97. The van der Waals surface area contributed by atoms with E-state index in [1.165, 1.54) is 10.7 Å². The van der Waals surface area contributed by atoms with Gasteiger partial charge in [0.1, 0.15) is 6.20 Å². The summed E-state index contributed by atoms with van der Waals surface area (Å²) in [7, 11) is 0. The Kier molecular flexibility index (Phi) is 4.16. The van der Waals surface area contributed by atoms with Crippen molar-refractivity contribution in [1.82, 2.24) is 19.6 Å². The molecule has 29 heavy (non-hydrogen) atoms. The predicted molar refractivity (Wildman–Crippen MR) is 109 cm³/mol. The van der Waals surface area contributed by atoms with Crippen molar-refractivity contribution in [3.63, 3.8) is 0 Å². The molecule has 8 nitrogen and oxygen atoms in total. The molecule has 0 spiro atoms. The van der Waals surface area contributed by atoms with Gasteiger partial charge in [0, 0.05) is 31.0 Å². The van der Waals surface area contributed by atoms with Gasteiger partial charge in [-0.25, -0.2) is 4.98 Å². The van der Waals surface area contributed by atoms with Crippen molar-refractivity contribution in [3.05, 3.63) is 82.8 Å². The molecule has 0 radical (unpaired) electrons. The smallest absolute Gasteiger partial charge is 0.358 e. The molecule has 1 fully saturated rings. The Morgan fingerprint density at radius 1 is 1.10 bits per heavy atom. The summed E-state index contributed by atoms with van der Waals surface area (Å²) in [4.78, 5) is 21.3. The molecule has 0 saturated heterocycles. The van der Waals surface area contributed by atoms with E-state index < -0.39 is 4.92 Å². The van der Waals surface area contributed by atoms with Crippen molar-refractivity contribution in [1.29, 1.82) is 0 Å². The molecule has 1 aromatic carbocycles. The summed E-state index contributed by atoms with van der Waals surface area (Å²) in [5.41, 5.74) is 3.80. The van der Waals surface area contributed by atoms with E-state index in [-0.39, 0.29) is 5.82 Å². The minimum absolute atomic E-state index is 0.129. The number of nitro groups is 1. The van der Waals surface area contributed by atoms with Crippen LogP contribution in [0.25, 0.3) is 16.8 Å². The molecule has 8 heteroatoms. The first-order valence-electron chi connectivity index (χ1n) is 9.44. The van der Waals surface area contributed by atoms with Gasteiger partial charge in [-0.15, -0.1) is 0 Å². The number of benzene rings is 1. The van der Waals surface area contributed by atoms with E-state index in [1.54, 1.807) is 12.3 Å². The Hall–Kier alpha value is -3.81. The molecule has 1 aliphatic rings. The molecular formula is C21H18N6O2. The zero-order valence-electron chi connectivity index (χ0n) is 15.5. The number of nitrogens with zero attached hydrogens (tertiary/aromatic N) is 6. The van der Waals surface area contributed by atoms with Gasteiger partial charge in [-0.2, -0.15) is 0 Å². The Bertz CT molecular complexity index is 1190. The Morgan fingerprint density at radius 3 is 2.72 bits per heavy atom. The van der Waals surface area contributed by atoms with Crippen molar-refractivity contribution in [3.8, 4) is 11.1 Å². The van der Waals surface area contributed by atoms with Gasteiger partial charge in [0.15, 0.2) is 5.82 Å². The molecular weight excluding hydrogens is 368 g/mol. The number of hydrogen-bond acceptors (Lipinski definition) is 6. The standard InChI is InChI=1S/C21H18N6O2/c28-27(29)21-13-23-19-8-9-20(24-26(19)21)25(18-6-7-18)14-15-3-1-4-16(11-15)17-5-2-10-22-12-17/h1-5,8-13,18H,6-7,14H2. The molecule has 0 atom stereocenters. The lowest BCUT2D eigenvalue weighted by Gasteiger charge is -2.23. The lowest BCUT2D eigenvalue weighted by atomic mass is 10.0. The predicted octanol–water partition coefficient (Wildman–Crippen LogP) is 3.87. The van der Waals surface area contributed by atoms with Crippen LogP contribution >= 0.6 is 0 Å². The number of fused-ring (bicyclic) bond motifs is 1. The number of rotatable bonds is 6. The van der Waals surface area contributed by atoms with Crippen LogP contribution in [0, 0.1) is 10.1 Å². The topological polar surface area (TPSA) is 89.5 Å². The lowest BCUT2D eigenvalue weighted by Crippen LogP contribution is -2.26. The van der Waals surface area contributed by atoms with Gasteiger partial charge in [0.05, 0.1) is 0 Å². The van der Waals surface area contributed by atoms with Crippen LogP contribution in [0.3, 0.4) is 0 Å². The third-order valence-electron chi connectivity index (χ3n) is 5.07. The summed E-state index contributed by atoms with van der Waals surface area (Å²) in [5, 5.41) is 15.8. The molecule has 4 aromatic rings. The highest BCUT2D eigenvalue weighted by Gasteiger charge is 2.31. The highest BCUT2D eigenvalue weighted by atomic mass is 16.6. The number of pyridine rings is 1. The van der Waals surface area contributed by atoms with Gasteiger partial charge >= 0.3 is 5.82 Å². The minimum Gasteiger partial charge on any atom is -0.358 e. The van der Waals surface area contributed by atoms with Crippen LogP contribution in [0.15, 0.2) is 67.1 Å². The second-order valence-electron chi connectivity index (χ2n) is 7.14. The van der Waals surface area contributed by atoms with Crippen LogP contribution in [0.2, 0.25) is 0 Å². The molecule has 0 amide bonds. The van der Waals surface area contributed by atoms with E-state index in [2.05, 4.69) is 38.2 Å². The number of imidazole rings is 1. The number of hydrogen-bond donors (Lipinski definition) is 0. The zero-order valence-corrected chi connectivity index (χ0v) is 15.5. The van der Waals surface area contributed by atoms with Crippen LogP contribution in [0.4, 0.5) is 11.6 Å². The van der Waals surface area contributed by atoms with Crippen LogP contribution in [0.5, 0.6) is 0 Å². The van der Waals surface area contributed by atoms with Gasteiger partial charge in [0.2, 0.25) is 5.65 Å². The highest BCUT2D eigenvalue weighted by Crippen LogP contribution is 2.33. The summed E-state index contributed by atoms with van der Waals surface area (Å²) in [6.07, 6.45) is 7.04. The maximum atomic E-state index is 11.3. The van der Waals surface area contributed by atoms with E-state index in [4.69, 9.17) is 0 Å². The van der Waals surface area contributed by atoms with Crippen molar-refractivity contribution < 1.29 is 4.92 Å². The molecule has 0 aliphatic heterocycles. The molecule has 3 heterocycles. The van der Waals surface area contributed by atoms with Gasteiger partial charge in [-0.3, -0.25) is 4.98 Å². The van der Waals surface area contributed by atoms with E-state index in [0.717, 1.165) is 29.5 Å². The van der Waals surface area contributed by atoms with E-state index in [0.29, 0.717) is 24.1 Å². The SMILES string of the molecule is O=[N+]([O-])c1cnc2ccc(N(Cc3cccc(-c4cccnc4)c3)C3CC3)nn12. The fraction of sp³-hybridized carbons (Fsp3) is 0.190. The van der Waals surface area contributed by atoms with Crippen molar-refractivity contribution in [2.45, 2.75) is 25.4 Å². The lowest BCUT2D eigenvalue weighted by molar-refractivity contribution is -0.391. The molecule has 1 aliphatic carbocycles. The minimum atomic E-state index is -0.463. The normalized spacial score (nSPS) is 13.5. The van der Waals surface area contributed by atoms with Crippen LogP contribution in [-0.2, 0) is 6.54 Å². The zero-order chi connectivity index (χ0) is 19.8. The molecule has 3 aromatic heterocycles. The maximum absolute atomic E-state index is 11.3. The van der Waals surface area contributed by atoms with Gasteiger partial charge in [0.25, 0.3) is 0 Å². The van der Waals surface area contributed by atoms with Crippen molar-refractivity contribution >= 4 is 17.3 Å². The summed E-state index contributed by atoms with van der Waals surface area (Å²) in [6, 6.07) is 16.4. The first-order chi connectivity index (χ1) is 14.2. The van der Waals surface area contributed by atoms with Crippen LogP contribution in [-0.4, -0.2) is 30.5 Å². The van der Waals surface area contributed by atoms with Gasteiger partial charge < -0.3 is 15.0 Å². The summed E-state index contributed by atoms with van der Waals surface area (Å²) < 4.78 is 1.30. The Balaban J connectivity index is 1.48. The Morgan fingerprint density at radius 2 is 1.97 bits per heavy atom. The molecule has 0 unspecified atom stereocenters. The largest absolute Gasteiger partial charge is 0.368 e. The molecule has 144 valence electrons. The number of anilines is 1. The van der Waals surface area contributed by atoms with Crippen LogP contribution in [0.1, 0.15) is 18.4 Å². The first kappa shape index (κ1) is 17.3. The van der Waals surface area contributed by atoms with E-state index >= 15 is 0 Å². The van der Waals surface area contributed by atoms with Crippen molar-refractivity contribution in [2.24, 2.45) is 0 Å². The average molecular weight is 386 g/mol. The highest BCUT2D eigenvalue weighted by molar-refractivity contribution is 5.63. The number of aromatic nitrogens is 4. The van der Waals surface area contributed by atoms with Gasteiger partial charge in [-0.05, 0) is 52.7 Å². The Labute approximate surface area is 166 Å². The molecule has 0 bridgehead atoms. The second-order valence-corrected chi connectivity index (χ2v) is 7.14. The third kappa shape index (κ3) is 3.40. The van der Waals surface area contributed by atoms with Crippen molar-refractivity contribution in [2.75, 3.05) is 4.90 Å². The maximum Gasteiger partial charge on any atom is 0.368 e. The fourth-order valence-corrected chi connectivity index (χ4v) is 3.49. The first-order valence-corrected chi connectivity index (χ1v) is 9.44. The monoisotopic (exact) mass is 386 g/mol. The summed E-state index contributed by atoms with van der Waals surface area (Å²) >= 11 is 0.